The molecule has 0 amide bonds. The summed E-state index contributed by atoms with van der Waals surface area (Å²) in [6.45, 7) is 0.532. The van der Waals surface area contributed by atoms with Crippen molar-refractivity contribution in [1.29, 1.82) is 5.41 Å². The molecule has 1 atom stereocenters. The van der Waals surface area contributed by atoms with Gasteiger partial charge < -0.3 is 27.6 Å². The number of unbranched alkanes of at least 4 members (excludes halogenated alkanes) is 1. The average molecular weight is 245 g/mol. The standard InChI is InChI=1S/C8H19N7O2/c9-7(10)13-4-2-1-3-5(6(16)17)14-15-8(11)12/h5,14H,1-4H2,(H,16,17)(H4,9,10,13)(H4,11,12,15)/t5-/m0/s1. The minimum atomic E-state index is -1.02. The Morgan fingerprint density at radius 1 is 1.35 bits per heavy atom. The van der Waals surface area contributed by atoms with E-state index in [1.165, 1.54) is 0 Å². The Morgan fingerprint density at radius 2 is 2.00 bits per heavy atom. The summed E-state index contributed by atoms with van der Waals surface area (Å²) in [5, 5.41) is 21.8. The van der Waals surface area contributed by atoms with Gasteiger partial charge in [-0.25, -0.2) is 4.79 Å². The van der Waals surface area contributed by atoms with E-state index in [-0.39, 0.29) is 11.9 Å². The number of hydrazone groups is 1. The van der Waals surface area contributed by atoms with E-state index in [9.17, 15) is 4.79 Å². The fraction of sp³-hybridized carbons (Fsp3) is 0.625. The molecule has 0 aromatic rings. The van der Waals surface area contributed by atoms with Gasteiger partial charge in [-0.15, -0.1) is 5.10 Å². The number of rotatable bonds is 8. The van der Waals surface area contributed by atoms with Crippen LogP contribution in [0.5, 0.6) is 0 Å². The fourth-order valence-electron chi connectivity index (χ4n) is 1.09. The van der Waals surface area contributed by atoms with E-state index in [0.29, 0.717) is 25.8 Å². The molecule has 17 heavy (non-hydrogen) atoms. The minimum absolute atomic E-state index is 0.0987. The van der Waals surface area contributed by atoms with E-state index in [1.807, 2.05) is 0 Å². The van der Waals surface area contributed by atoms with Crippen LogP contribution >= 0.6 is 0 Å². The molecule has 0 aliphatic heterocycles. The molecule has 0 aliphatic carbocycles. The van der Waals surface area contributed by atoms with Crippen molar-refractivity contribution in [2.45, 2.75) is 25.3 Å². The van der Waals surface area contributed by atoms with Gasteiger partial charge in [0.1, 0.15) is 6.04 Å². The Labute approximate surface area is 98.9 Å². The Kier molecular flexibility index (Phi) is 6.99. The maximum absolute atomic E-state index is 10.8. The fourth-order valence-corrected chi connectivity index (χ4v) is 1.09. The molecule has 0 radical (unpaired) electrons. The summed E-state index contributed by atoms with van der Waals surface area (Å²) in [6.07, 6.45) is 1.73. The molecule has 0 heterocycles. The molecule has 0 saturated heterocycles. The summed E-state index contributed by atoms with van der Waals surface area (Å²) >= 11 is 0. The van der Waals surface area contributed by atoms with Crippen LogP contribution in [0.1, 0.15) is 19.3 Å². The van der Waals surface area contributed by atoms with Crippen LogP contribution in [0.4, 0.5) is 0 Å². The number of nitrogens with one attached hydrogen (secondary N) is 3. The van der Waals surface area contributed by atoms with Gasteiger partial charge in [-0.05, 0) is 19.3 Å². The van der Waals surface area contributed by atoms with Gasteiger partial charge in [-0.1, -0.05) is 0 Å². The first-order valence-corrected chi connectivity index (χ1v) is 5.08. The van der Waals surface area contributed by atoms with Crippen molar-refractivity contribution in [1.82, 2.24) is 10.7 Å². The van der Waals surface area contributed by atoms with E-state index in [0.717, 1.165) is 0 Å². The summed E-state index contributed by atoms with van der Waals surface area (Å²) in [5.41, 5.74) is 17.6. The van der Waals surface area contributed by atoms with Crippen LogP contribution in [0.25, 0.3) is 0 Å². The van der Waals surface area contributed by atoms with E-state index < -0.39 is 12.0 Å². The lowest BCUT2D eigenvalue weighted by Gasteiger charge is -2.11. The molecular weight excluding hydrogens is 226 g/mol. The molecule has 0 fully saturated rings. The van der Waals surface area contributed by atoms with Gasteiger partial charge in [0.25, 0.3) is 0 Å². The SMILES string of the molecule is N=C(N)NCCCC[C@H](NN=C(N)N)C(=O)O. The number of nitrogens with zero attached hydrogens (tertiary/aromatic N) is 1. The van der Waals surface area contributed by atoms with Gasteiger partial charge in [-0.2, -0.15) is 0 Å². The van der Waals surface area contributed by atoms with Crippen molar-refractivity contribution >= 4 is 17.9 Å². The number of hydrogen-bond acceptors (Lipinski definition) is 4. The van der Waals surface area contributed by atoms with Gasteiger partial charge >= 0.3 is 5.97 Å². The number of aliphatic carboxylic acids is 1. The molecule has 0 aliphatic rings. The first-order chi connectivity index (χ1) is 7.93. The molecular formula is C8H19N7O2. The van der Waals surface area contributed by atoms with Crippen LogP contribution in [-0.4, -0.2) is 35.6 Å². The van der Waals surface area contributed by atoms with Crippen LogP contribution in [0.3, 0.4) is 0 Å². The molecule has 0 unspecified atom stereocenters. The van der Waals surface area contributed by atoms with E-state index in [4.69, 9.17) is 27.7 Å². The van der Waals surface area contributed by atoms with Crippen LogP contribution in [0.2, 0.25) is 0 Å². The van der Waals surface area contributed by atoms with Crippen molar-refractivity contribution in [3.8, 4) is 0 Å². The van der Waals surface area contributed by atoms with Crippen LogP contribution in [0, 0.1) is 5.41 Å². The second-order valence-electron chi connectivity index (χ2n) is 3.39. The van der Waals surface area contributed by atoms with Crippen LogP contribution in [0.15, 0.2) is 5.10 Å². The van der Waals surface area contributed by atoms with Crippen molar-refractivity contribution in [3.05, 3.63) is 0 Å². The molecule has 0 rings (SSSR count). The third kappa shape index (κ3) is 8.78. The number of guanidine groups is 2. The zero-order valence-corrected chi connectivity index (χ0v) is 9.44. The second-order valence-corrected chi connectivity index (χ2v) is 3.39. The summed E-state index contributed by atoms with van der Waals surface area (Å²) in [6, 6.07) is -0.825. The minimum Gasteiger partial charge on any atom is -0.480 e. The zero-order chi connectivity index (χ0) is 13.3. The first kappa shape index (κ1) is 14.8. The maximum Gasteiger partial charge on any atom is 0.327 e. The van der Waals surface area contributed by atoms with Gasteiger partial charge in [0.05, 0.1) is 0 Å². The molecule has 10 N–H and O–H groups in total. The van der Waals surface area contributed by atoms with E-state index >= 15 is 0 Å². The maximum atomic E-state index is 10.8. The summed E-state index contributed by atoms with van der Waals surface area (Å²) in [5.74, 6) is -1.33. The highest BCUT2D eigenvalue weighted by molar-refractivity contribution is 5.77. The van der Waals surface area contributed by atoms with Crippen molar-refractivity contribution in [3.63, 3.8) is 0 Å². The summed E-state index contributed by atoms with van der Waals surface area (Å²) in [4.78, 5) is 10.8. The topological polar surface area (TPSA) is 176 Å². The number of carboxylic acids is 1. The first-order valence-electron chi connectivity index (χ1n) is 5.08. The predicted molar refractivity (Wildman–Crippen MR) is 64.1 cm³/mol. The predicted octanol–water partition coefficient (Wildman–Crippen LogP) is -2.13. The van der Waals surface area contributed by atoms with Crippen LogP contribution in [-0.2, 0) is 4.79 Å². The lowest BCUT2D eigenvalue weighted by molar-refractivity contribution is -0.139. The van der Waals surface area contributed by atoms with Crippen molar-refractivity contribution in [2.75, 3.05) is 6.54 Å². The average Bonchev–Trinajstić information content (AvgIpc) is 2.20. The van der Waals surface area contributed by atoms with E-state index in [2.05, 4.69) is 15.8 Å². The molecule has 0 saturated carbocycles. The molecule has 0 aromatic heterocycles. The lowest BCUT2D eigenvalue weighted by atomic mass is 10.1. The molecule has 9 heteroatoms. The van der Waals surface area contributed by atoms with Gasteiger partial charge in [0.2, 0.25) is 5.96 Å². The Bertz CT molecular complexity index is 288. The largest absolute Gasteiger partial charge is 0.480 e. The van der Waals surface area contributed by atoms with Gasteiger partial charge in [-0.3, -0.25) is 10.8 Å². The normalized spacial score (nSPS) is 11.3. The molecule has 0 spiro atoms. The smallest absolute Gasteiger partial charge is 0.327 e. The number of carbonyl (C=O) groups is 1. The second kappa shape index (κ2) is 8.02. The molecule has 98 valence electrons. The highest BCUT2D eigenvalue weighted by atomic mass is 16.4. The monoisotopic (exact) mass is 245 g/mol. The third-order valence-corrected chi connectivity index (χ3v) is 1.88. The molecule has 0 bridgehead atoms. The Balaban J connectivity index is 3.82. The van der Waals surface area contributed by atoms with E-state index in [1.54, 1.807) is 0 Å². The van der Waals surface area contributed by atoms with Gasteiger partial charge in [0.15, 0.2) is 5.96 Å². The highest BCUT2D eigenvalue weighted by Gasteiger charge is 2.15. The summed E-state index contributed by atoms with van der Waals surface area (Å²) < 4.78 is 0. The van der Waals surface area contributed by atoms with Crippen LogP contribution < -0.4 is 27.9 Å². The Hall–Kier alpha value is -2.19. The number of hydrogen-bond donors (Lipinski definition) is 7. The van der Waals surface area contributed by atoms with Crippen molar-refractivity contribution < 1.29 is 9.90 Å². The lowest BCUT2D eigenvalue weighted by Crippen LogP contribution is -2.37. The molecule has 0 aromatic carbocycles. The molecule has 9 nitrogen and oxygen atoms in total. The number of nitrogens with two attached hydrogens (primary N) is 3. The highest BCUT2D eigenvalue weighted by Crippen LogP contribution is 2.00. The Morgan fingerprint density at radius 3 is 2.47 bits per heavy atom. The summed E-state index contributed by atoms with van der Waals surface area (Å²) in [7, 11) is 0. The van der Waals surface area contributed by atoms with Crippen molar-refractivity contribution in [2.24, 2.45) is 22.3 Å². The number of carboxylic acid groups (broad SMARTS) is 1. The quantitative estimate of drug-likeness (QED) is 0.110. The third-order valence-electron chi connectivity index (χ3n) is 1.88. The zero-order valence-electron chi connectivity index (χ0n) is 9.44. The van der Waals surface area contributed by atoms with Gasteiger partial charge in [0, 0.05) is 6.54 Å².